The summed E-state index contributed by atoms with van der Waals surface area (Å²) in [6.07, 6.45) is 1.54. The van der Waals surface area contributed by atoms with E-state index in [1.807, 2.05) is 6.92 Å². The Kier molecular flexibility index (Phi) is 5.68. The molecule has 0 N–H and O–H groups in total. The molecule has 2 nitrogen and oxygen atoms in total. The Morgan fingerprint density at radius 1 is 1.78 bits per heavy atom. The lowest BCUT2D eigenvalue weighted by molar-refractivity contribution is 0.560. The second kappa shape index (κ2) is 5.86. The highest BCUT2D eigenvalue weighted by molar-refractivity contribution is 7.99. The Balaban J connectivity index is 3.26. The van der Waals surface area contributed by atoms with Crippen molar-refractivity contribution in [1.29, 1.82) is 0 Å². The molecule has 0 rings (SSSR count). The van der Waals surface area contributed by atoms with Crippen molar-refractivity contribution in [3.05, 3.63) is 0 Å². The molecular weight excluding hydrogens is 134 g/mol. The van der Waals surface area contributed by atoms with Gasteiger partial charge in [-0.05, 0) is 12.7 Å². The number of hydrogen-bond donors (Lipinski definition) is 0. The zero-order valence-electron chi connectivity index (χ0n) is 5.76. The topological polar surface area (TPSA) is 29.4 Å². The summed E-state index contributed by atoms with van der Waals surface area (Å²) in [5, 5.41) is 0. The standard InChI is InChI=1S/C6H11NOS/c1-3-9-4-6(2)7-5-8/h6H,3-4H2,1-2H3. The number of isocyanates is 1. The molecule has 9 heavy (non-hydrogen) atoms. The molecule has 1 unspecified atom stereocenters. The number of rotatable bonds is 4. The first kappa shape index (κ1) is 8.73. The molecule has 0 aromatic rings. The molecule has 0 fully saturated rings. The Hall–Kier alpha value is -0.270. The zero-order valence-corrected chi connectivity index (χ0v) is 6.57. The highest BCUT2D eigenvalue weighted by Crippen LogP contribution is 2.02. The monoisotopic (exact) mass is 145 g/mol. The van der Waals surface area contributed by atoms with Crippen molar-refractivity contribution in [3.8, 4) is 0 Å². The first-order chi connectivity index (χ1) is 4.31. The molecule has 0 aliphatic rings. The summed E-state index contributed by atoms with van der Waals surface area (Å²) < 4.78 is 0. The van der Waals surface area contributed by atoms with Crippen molar-refractivity contribution < 1.29 is 4.79 Å². The first-order valence-electron chi connectivity index (χ1n) is 2.96. The molecule has 0 aromatic heterocycles. The molecule has 0 aromatic carbocycles. The fourth-order valence-electron chi connectivity index (χ4n) is 0.416. The molecular formula is C6H11NOS. The van der Waals surface area contributed by atoms with Crippen LogP contribution in [0.25, 0.3) is 0 Å². The lowest BCUT2D eigenvalue weighted by atomic mass is 10.4. The van der Waals surface area contributed by atoms with Crippen LogP contribution in [0.5, 0.6) is 0 Å². The minimum Gasteiger partial charge on any atom is -0.211 e. The minimum absolute atomic E-state index is 0.132. The summed E-state index contributed by atoms with van der Waals surface area (Å²) in [5.74, 6) is 2.00. The molecule has 0 spiro atoms. The molecule has 3 heteroatoms. The van der Waals surface area contributed by atoms with E-state index in [1.54, 1.807) is 11.8 Å². The molecule has 0 amide bonds. The maximum absolute atomic E-state index is 9.68. The molecule has 1 atom stereocenters. The summed E-state index contributed by atoms with van der Waals surface area (Å²) in [5.41, 5.74) is 0. The molecule has 0 aliphatic heterocycles. The second-order valence-electron chi connectivity index (χ2n) is 1.73. The molecule has 52 valence electrons. The van der Waals surface area contributed by atoms with Crippen molar-refractivity contribution >= 4 is 17.8 Å². The molecule has 0 saturated heterocycles. The lowest BCUT2D eigenvalue weighted by Gasteiger charge is -1.99. The summed E-state index contributed by atoms with van der Waals surface area (Å²) in [6.45, 7) is 4.00. The largest absolute Gasteiger partial charge is 0.235 e. The molecule has 0 saturated carbocycles. The van der Waals surface area contributed by atoms with Gasteiger partial charge in [-0.2, -0.15) is 11.8 Å². The molecule has 0 radical (unpaired) electrons. The van der Waals surface area contributed by atoms with Gasteiger partial charge in [0.2, 0.25) is 6.08 Å². The van der Waals surface area contributed by atoms with Crippen LogP contribution < -0.4 is 0 Å². The van der Waals surface area contributed by atoms with Gasteiger partial charge in [0, 0.05) is 5.75 Å². The number of thioether (sulfide) groups is 1. The Labute approximate surface area is 59.7 Å². The van der Waals surface area contributed by atoms with E-state index in [9.17, 15) is 4.79 Å². The lowest BCUT2D eigenvalue weighted by Crippen LogP contribution is -2.00. The number of aliphatic imine (C=N–C) groups is 1. The third kappa shape index (κ3) is 5.60. The third-order valence-corrected chi connectivity index (χ3v) is 1.96. The molecule has 0 bridgehead atoms. The van der Waals surface area contributed by atoms with Gasteiger partial charge in [0.15, 0.2) is 0 Å². The molecule has 0 heterocycles. The summed E-state index contributed by atoms with van der Waals surface area (Å²) in [7, 11) is 0. The predicted molar refractivity (Wildman–Crippen MR) is 40.6 cm³/mol. The van der Waals surface area contributed by atoms with E-state index in [0.717, 1.165) is 11.5 Å². The second-order valence-corrected chi connectivity index (χ2v) is 3.05. The van der Waals surface area contributed by atoms with E-state index in [2.05, 4.69) is 11.9 Å². The fourth-order valence-corrected chi connectivity index (χ4v) is 1.07. The van der Waals surface area contributed by atoms with Crippen LogP contribution in [0.15, 0.2) is 4.99 Å². The predicted octanol–water partition coefficient (Wildman–Crippen LogP) is 1.46. The Bertz CT molecular complexity index is 110. The highest BCUT2D eigenvalue weighted by atomic mass is 32.2. The highest BCUT2D eigenvalue weighted by Gasteiger charge is 1.95. The van der Waals surface area contributed by atoms with Crippen LogP contribution in [0.3, 0.4) is 0 Å². The fraction of sp³-hybridized carbons (Fsp3) is 0.833. The summed E-state index contributed by atoms with van der Waals surface area (Å²) in [6, 6.07) is 0.132. The van der Waals surface area contributed by atoms with Crippen molar-refractivity contribution in [1.82, 2.24) is 0 Å². The van der Waals surface area contributed by atoms with Crippen molar-refractivity contribution in [2.75, 3.05) is 11.5 Å². The van der Waals surface area contributed by atoms with Gasteiger partial charge in [-0.1, -0.05) is 6.92 Å². The van der Waals surface area contributed by atoms with Gasteiger partial charge in [-0.15, -0.1) is 0 Å². The summed E-state index contributed by atoms with van der Waals surface area (Å²) >= 11 is 1.78. The minimum atomic E-state index is 0.132. The van der Waals surface area contributed by atoms with Crippen LogP contribution in [0, 0.1) is 0 Å². The average Bonchev–Trinajstić information content (AvgIpc) is 1.85. The Morgan fingerprint density at radius 3 is 2.89 bits per heavy atom. The maximum atomic E-state index is 9.68. The Morgan fingerprint density at radius 2 is 2.44 bits per heavy atom. The van der Waals surface area contributed by atoms with Crippen molar-refractivity contribution in [2.45, 2.75) is 19.9 Å². The maximum Gasteiger partial charge on any atom is 0.235 e. The number of carbonyl (C=O) groups excluding carboxylic acids is 1. The van der Waals surface area contributed by atoms with Gasteiger partial charge < -0.3 is 0 Å². The SMILES string of the molecule is CCSCC(C)N=C=O. The smallest absolute Gasteiger partial charge is 0.211 e. The van der Waals surface area contributed by atoms with Crippen LogP contribution >= 0.6 is 11.8 Å². The van der Waals surface area contributed by atoms with E-state index >= 15 is 0 Å². The van der Waals surface area contributed by atoms with E-state index in [1.165, 1.54) is 6.08 Å². The van der Waals surface area contributed by atoms with Crippen LogP contribution in [0.1, 0.15) is 13.8 Å². The van der Waals surface area contributed by atoms with Gasteiger partial charge in [0.1, 0.15) is 0 Å². The number of hydrogen-bond acceptors (Lipinski definition) is 3. The van der Waals surface area contributed by atoms with Crippen LogP contribution in [-0.2, 0) is 4.79 Å². The first-order valence-corrected chi connectivity index (χ1v) is 4.11. The zero-order chi connectivity index (χ0) is 7.11. The van der Waals surface area contributed by atoms with E-state index in [-0.39, 0.29) is 6.04 Å². The summed E-state index contributed by atoms with van der Waals surface area (Å²) in [4.78, 5) is 13.2. The van der Waals surface area contributed by atoms with Gasteiger partial charge >= 0.3 is 0 Å². The van der Waals surface area contributed by atoms with E-state index < -0.39 is 0 Å². The average molecular weight is 145 g/mol. The normalized spacial score (nSPS) is 12.2. The van der Waals surface area contributed by atoms with Crippen LogP contribution in [0.4, 0.5) is 0 Å². The van der Waals surface area contributed by atoms with Crippen LogP contribution in [0.2, 0.25) is 0 Å². The van der Waals surface area contributed by atoms with Gasteiger partial charge in [-0.3, -0.25) is 0 Å². The van der Waals surface area contributed by atoms with E-state index in [0.29, 0.717) is 0 Å². The van der Waals surface area contributed by atoms with Crippen LogP contribution in [-0.4, -0.2) is 23.6 Å². The van der Waals surface area contributed by atoms with E-state index in [4.69, 9.17) is 0 Å². The number of nitrogens with zero attached hydrogens (tertiary/aromatic N) is 1. The quantitative estimate of drug-likeness (QED) is 0.443. The third-order valence-electron chi connectivity index (χ3n) is 0.836. The van der Waals surface area contributed by atoms with Gasteiger partial charge in [-0.25, -0.2) is 9.79 Å². The van der Waals surface area contributed by atoms with Crippen molar-refractivity contribution in [3.63, 3.8) is 0 Å². The molecule has 0 aliphatic carbocycles. The van der Waals surface area contributed by atoms with Gasteiger partial charge in [0.25, 0.3) is 0 Å². The van der Waals surface area contributed by atoms with Crippen molar-refractivity contribution in [2.24, 2.45) is 4.99 Å². The van der Waals surface area contributed by atoms with Gasteiger partial charge in [0.05, 0.1) is 6.04 Å².